The fourth-order valence-electron chi connectivity index (χ4n) is 3.47. The number of amides is 1. The quantitative estimate of drug-likeness (QED) is 0.860. The summed E-state index contributed by atoms with van der Waals surface area (Å²) in [6.45, 7) is 7.70. The zero-order chi connectivity index (χ0) is 13.7. The Morgan fingerprint density at radius 3 is 2.65 bits per heavy atom. The van der Waals surface area contributed by atoms with E-state index in [2.05, 4.69) is 16.7 Å². The maximum Gasteiger partial charge on any atom is 0.236 e. The summed E-state index contributed by atoms with van der Waals surface area (Å²) in [6.07, 6.45) is 6.04. The van der Waals surface area contributed by atoms with Crippen molar-refractivity contribution in [1.82, 2.24) is 9.80 Å². The van der Waals surface area contributed by atoms with E-state index in [9.17, 15) is 4.79 Å². The van der Waals surface area contributed by atoms with E-state index in [4.69, 9.17) is 5.73 Å². The summed E-state index contributed by atoms with van der Waals surface area (Å²) in [5, 5.41) is 0. The molecule has 2 heterocycles. The highest BCUT2D eigenvalue weighted by Gasteiger charge is 2.25. The van der Waals surface area contributed by atoms with E-state index >= 15 is 0 Å². The Kier molecular flexibility index (Phi) is 7.85. The number of hydrogen-bond donors (Lipinski definition) is 1. The summed E-state index contributed by atoms with van der Waals surface area (Å²) < 4.78 is 0. The van der Waals surface area contributed by atoms with Crippen molar-refractivity contribution < 1.29 is 4.79 Å². The van der Waals surface area contributed by atoms with Gasteiger partial charge in [-0.3, -0.25) is 9.69 Å². The number of piperidine rings is 2. The van der Waals surface area contributed by atoms with Crippen molar-refractivity contribution in [3.63, 3.8) is 0 Å². The molecule has 2 unspecified atom stereocenters. The molecule has 0 aromatic carbocycles. The number of hydrogen-bond acceptors (Lipinski definition) is 3. The number of rotatable bonds is 4. The Labute approximate surface area is 129 Å². The molecule has 2 rings (SSSR count). The van der Waals surface area contributed by atoms with E-state index in [1.165, 1.54) is 25.7 Å². The Balaban J connectivity index is 0.00000200. The van der Waals surface area contributed by atoms with Crippen molar-refractivity contribution in [3.8, 4) is 0 Å². The topological polar surface area (TPSA) is 49.6 Å². The zero-order valence-corrected chi connectivity index (χ0v) is 13.5. The minimum absolute atomic E-state index is 0. The summed E-state index contributed by atoms with van der Waals surface area (Å²) in [5.41, 5.74) is 5.64. The number of carbonyl (C=O) groups excluding carboxylic acids is 1. The second-order valence-electron chi connectivity index (χ2n) is 6.41. The molecule has 2 aliphatic heterocycles. The van der Waals surface area contributed by atoms with Crippen molar-refractivity contribution in [2.45, 2.75) is 39.0 Å². The summed E-state index contributed by atoms with van der Waals surface area (Å²) in [5.74, 6) is 1.70. The van der Waals surface area contributed by atoms with Crippen LogP contribution in [0.5, 0.6) is 0 Å². The first-order chi connectivity index (χ1) is 9.19. The maximum absolute atomic E-state index is 12.3. The third-order valence-electron chi connectivity index (χ3n) is 4.55. The predicted molar refractivity (Wildman–Crippen MR) is 85.1 cm³/mol. The van der Waals surface area contributed by atoms with Crippen LogP contribution in [0.3, 0.4) is 0 Å². The van der Waals surface area contributed by atoms with Crippen LogP contribution in [0.2, 0.25) is 0 Å². The third kappa shape index (κ3) is 5.23. The Hall–Kier alpha value is -0.320. The SMILES string of the molecule is CC1CCCN(C(=O)CN2CCCC(CCN)C2)C1.Cl. The van der Waals surface area contributed by atoms with Crippen LogP contribution in [0.4, 0.5) is 0 Å². The van der Waals surface area contributed by atoms with Crippen molar-refractivity contribution in [2.75, 3.05) is 39.3 Å². The van der Waals surface area contributed by atoms with E-state index in [0.29, 0.717) is 24.3 Å². The van der Waals surface area contributed by atoms with Gasteiger partial charge in [-0.25, -0.2) is 0 Å². The average molecular weight is 304 g/mol. The van der Waals surface area contributed by atoms with Gasteiger partial charge in [0.25, 0.3) is 0 Å². The van der Waals surface area contributed by atoms with E-state index in [0.717, 1.165) is 39.1 Å². The molecule has 1 amide bonds. The van der Waals surface area contributed by atoms with Gasteiger partial charge in [0.05, 0.1) is 6.54 Å². The summed E-state index contributed by atoms with van der Waals surface area (Å²) in [4.78, 5) is 16.7. The van der Waals surface area contributed by atoms with Gasteiger partial charge in [-0.15, -0.1) is 12.4 Å². The molecule has 0 aromatic heterocycles. The fraction of sp³-hybridized carbons (Fsp3) is 0.933. The maximum atomic E-state index is 12.3. The van der Waals surface area contributed by atoms with Gasteiger partial charge < -0.3 is 10.6 Å². The molecule has 4 nitrogen and oxygen atoms in total. The summed E-state index contributed by atoms with van der Waals surface area (Å²) in [6, 6.07) is 0. The number of nitrogens with zero attached hydrogens (tertiary/aromatic N) is 2. The number of halogens is 1. The van der Waals surface area contributed by atoms with Gasteiger partial charge >= 0.3 is 0 Å². The second kappa shape index (κ2) is 8.85. The lowest BCUT2D eigenvalue weighted by Gasteiger charge is -2.36. The van der Waals surface area contributed by atoms with E-state index in [-0.39, 0.29) is 12.4 Å². The molecule has 2 N–H and O–H groups in total. The summed E-state index contributed by atoms with van der Waals surface area (Å²) >= 11 is 0. The molecule has 0 aliphatic carbocycles. The van der Waals surface area contributed by atoms with Crippen molar-refractivity contribution >= 4 is 18.3 Å². The standard InChI is InChI=1S/C15H29N3O.ClH/c1-13-4-2-9-18(10-13)15(19)12-17-8-3-5-14(11-17)6-7-16;/h13-14H,2-12,16H2,1H3;1H. The third-order valence-corrected chi connectivity index (χ3v) is 4.55. The van der Waals surface area contributed by atoms with Gasteiger partial charge in [0.2, 0.25) is 5.91 Å². The van der Waals surface area contributed by atoms with Gasteiger partial charge in [-0.2, -0.15) is 0 Å². The molecule has 0 aromatic rings. The first-order valence-electron chi connectivity index (χ1n) is 7.89. The largest absolute Gasteiger partial charge is 0.341 e. The molecule has 2 fully saturated rings. The molecule has 2 atom stereocenters. The number of nitrogens with two attached hydrogens (primary N) is 1. The molecule has 20 heavy (non-hydrogen) atoms. The van der Waals surface area contributed by atoms with Crippen LogP contribution in [0.1, 0.15) is 39.0 Å². The van der Waals surface area contributed by atoms with Gasteiger partial charge in [0.15, 0.2) is 0 Å². The highest BCUT2D eigenvalue weighted by atomic mass is 35.5. The van der Waals surface area contributed by atoms with Crippen LogP contribution < -0.4 is 5.73 Å². The first kappa shape index (κ1) is 17.7. The van der Waals surface area contributed by atoms with Gasteiger partial charge in [0.1, 0.15) is 0 Å². The second-order valence-corrected chi connectivity index (χ2v) is 6.41. The molecule has 0 spiro atoms. The lowest BCUT2D eigenvalue weighted by Crippen LogP contribution is -2.47. The first-order valence-corrected chi connectivity index (χ1v) is 7.89. The van der Waals surface area contributed by atoms with E-state index in [1.807, 2.05) is 0 Å². The minimum Gasteiger partial charge on any atom is -0.341 e. The molecule has 2 aliphatic rings. The van der Waals surface area contributed by atoms with Crippen LogP contribution in [0.15, 0.2) is 0 Å². The Morgan fingerprint density at radius 1 is 1.20 bits per heavy atom. The van der Waals surface area contributed by atoms with Crippen LogP contribution >= 0.6 is 12.4 Å². The monoisotopic (exact) mass is 303 g/mol. The van der Waals surface area contributed by atoms with Crippen molar-refractivity contribution in [3.05, 3.63) is 0 Å². The highest BCUT2D eigenvalue weighted by Crippen LogP contribution is 2.20. The van der Waals surface area contributed by atoms with Gasteiger partial charge in [-0.1, -0.05) is 6.92 Å². The smallest absolute Gasteiger partial charge is 0.236 e. The van der Waals surface area contributed by atoms with Crippen LogP contribution in [0, 0.1) is 11.8 Å². The van der Waals surface area contributed by atoms with Gasteiger partial charge in [0, 0.05) is 19.6 Å². The molecule has 0 saturated carbocycles. The summed E-state index contributed by atoms with van der Waals surface area (Å²) in [7, 11) is 0. The Bertz CT molecular complexity index is 299. The molecular weight excluding hydrogens is 274 g/mol. The zero-order valence-electron chi connectivity index (χ0n) is 12.7. The fourth-order valence-corrected chi connectivity index (χ4v) is 3.47. The molecule has 0 bridgehead atoms. The van der Waals surface area contributed by atoms with E-state index in [1.54, 1.807) is 0 Å². The van der Waals surface area contributed by atoms with Crippen LogP contribution in [-0.2, 0) is 4.79 Å². The van der Waals surface area contributed by atoms with Crippen molar-refractivity contribution in [2.24, 2.45) is 17.6 Å². The normalized spacial score (nSPS) is 28.0. The Morgan fingerprint density at radius 2 is 1.95 bits per heavy atom. The molecule has 5 heteroatoms. The van der Waals surface area contributed by atoms with Crippen LogP contribution in [0.25, 0.3) is 0 Å². The molecular formula is C15H30ClN3O. The minimum atomic E-state index is 0. The predicted octanol–water partition coefficient (Wildman–Crippen LogP) is 1.73. The highest BCUT2D eigenvalue weighted by molar-refractivity contribution is 5.85. The lowest BCUT2D eigenvalue weighted by molar-refractivity contribution is -0.134. The molecule has 118 valence electrons. The van der Waals surface area contributed by atoms with Crippen molar-refractivity contribution in [1.29, 1.82) is 0 Å². The number of carbonyl (C=O) groups is 1. The molecule has 2 saturated heterocycles. The van der Waals surface area contributed by atoms with Gasteiger partial charge in [-0.05, 0) is 57.0 Å². The van der Waals surface area contributed by atoms with E-state index < -0.39 is 0 Å². The molecule has 0 radical (unpaired) electrons. The average Bonchev–Trinajstić information content (AvgIpc) is 2.39. The lowest BCUT2D eigenvalue weighted by atomic mass is 9.95. The number of likely N-dealkylation sites (tertiary alicyclic amines) is 2. The van der Waals surface area contributed by atoms with Crippen LogP contribution in [-0.4, -0.2) is 55.0 Å².